The number of aromatic nitrogens is 1. The van der Waals surface area contributed by atoms with Gasteiger partial charge in [-0.15, -0.1) is 0 Å². The number of benzene rings is 2. The Balaban J connectivity index is 1.85. The monoisotopic (exact) mass is 392 g/mol. The molecule has 1 amide bonds. The lowest BCUT2D eigenvalue weighted by Crippen LogP contribution is -2.38. The highest BCUT2D eigenvalue weighted by Crippen LogP contribution is 2.27. The number of nitrogens with one attached hydrogen (secondary N) is 1. The molecule has 29 heavy (non-hydrogen) atoms. The van der Waals surface area contributed by atoms with Crippen LogP contribution in [0.1, 0.15) is 48.0 Å². The Labute approximate surface area is 169 Å². The summed E-state index contributed by atoms with van der Waals surface area (Å²) in [7, 11) is 0. The van der Waals surface area contributed by atoms with Gasteiger partial charge in [0, 0.05) is 17.5 Å². The summed E-state index contributed by atoms with van der Waals surface area (Å²) < 4.78 is 5.88. The van der Waals surface area contributed by atoms with Gasteiger partial charge < -0.3 is 14.8 Å². The molecule has 0 spiro atoms. The minimum Gasteiger partial charge on any atom is -0.481 e. The summed E-state index contributed by atoms with van der Waals surface area (Å²) in [6.45, 7) is 3.84. The van der Waals surface area contributed by atoms with E-state index >= 15 is 0 Å². The predicted molar refractivity (Wildman–Crippen MR) is 110 cm³/mol. The quantitative estimate of drug-likeness (QED) is 0.597. The Morgan fingerprint density at radius 1 is 1.03 bits per heavy atom. The van der Waals surface area contributed by atoms with Crippen LogP contribution in [-0.4, -0.2) is 28.0 Å². The van der Waals surface area contributed by atoms with Crippen LogP contribution in [0.25, 0.3) is 11.5 Å². The largest absolute Gasteiger partial charge is 0.481 e. The van der Waals surface area contributed by atoms with Gasteiger partial charge in [0.15, 0.2) is 5.69 Å². The average molecular weight is 392 g/mol. The fourth-order valence-electron chi connectivity index (χ4n) is 3.13. The van der Waals surface area contributed by atoms with Gasteiger partial charge in [-0.1, -0.05) is 62.4 Å². The molecule has 0 saturated carbocycles. The molecule has 0 fully saturated rings. The maximum atomic E-state index is 13.0. The molecule has 2 N–H and O–H groups in total. The van der Waals surface area contributed by atoms with Crippen LogP contribution < -0.4 is 5.32 Å². The third-order valence-corrected chi connectivity index (χ3v) is 4.49. The Morgan fingerprint density at radius 3 is 2.24 bits per heavy atom. The highest BCUT2D eigenvalue weighted by molar-refractivity contribution is 5.94. The molecule has 1 aromatic heterocycles. The van der Waals surface area contributed by atoms with Gasteiger partial charge in [-0.2, -0.15) is 0 Å². The Hall–Kier alpha value is -3.41. The zero-order valence-corrected chi connectivity index (χ0v) is 16.5. The van der Waals surface area contributed by atoms with Crippen LogP contribution in [0.5, 0.6) is 0 Å². The lowest BCUT2D eigenvalue weighted by molar-refractivity contribution is -0.137. The minimum absolute atomic E-state index is 0.0484. The first-order valence-electron chi connectivity index (χ1n) is 9.56. The predicted octanol–water partition coefficient (Wildman–Crippen LogP) is 4.28. The van der Waals surface area contributed by atoms with Crippen molar-refractivity contribution in [2.75, 3.05) is 0 Å². The molecule has 1 unspecified atom stereocenters. The fraction of sp³-hybridized carbons (Fsp3) is 0.261. The third kappa shape index (κ3) is 5.31. The lowest BCUT2D eigenvalue weighted by Gasteiger charge is -2.17. The van der Waals surface area contributed by atoms with Crippen molar-refractivity contribution in [2.45, 2.75) is 38.6 Å². The normalized spacial score (nSPS) is 12.0. The maximum Gasteiger partial charge on any atom is 0.305 e. The summed E-state index contributed by atoms with van der Waals surface area (Å²) in [6.07, 6.45) is 0.236. The molecule has 0 radical (unpaired) electrons. The van der Waals surface area contributed by atoms with Crippen LogP contribution >= 0.6 is 0 Å². The summed E-state index contributed by atoms with van der Waals surface area (Å²) in [4.78, 5) is 28.7. The van der Waals surface area contributed by atoms with E-state index in [1.165, 1.54) is 0 Å². The summed E-state index contributed by atoms with van der Waals surface area (Å²) in [5.41, 5.74) is 1.93. The topological polar surface area (TPSA) is 92.4 Å². The average Bonchev–Trinajstić information content (AvgIpc) is 3.15. The van der Waals surface area contributed by atoms with Crippen molar-refractivity contribution in [1.82, 2.24) is 10.3 Å². The van der Waals surface area contributed by atoms with Crippen molar-refractivity contribution in [3.63, 3.8) is 0 Å². The second-order valence-corrected chi connectivity index (χ2v) is 7.21. The second kappa shape index (κ2) is 9.19. The number of carbonyl (C=O) groups is 2. The van der Waals surface area contributed by atoms with Crippen molar-refractivity contribution in [1.29, 1.82) is 0 Å². The number of aliphatic carboxylic acids is 1. The van der Waals surface area contributed by atoms with Gasteiger partial charge in [0.2, 0.25) is 5.89 Å². The van der Waals surface area contributed by atoms with Gasteiger partial charge in [-0.25, -0.2) is 4.98 Å². The molecular formula is C23H24N2O4. The number of oxazole rings is 1. The van der Waals surface area contributed by atoms with E-state index in [-0.39, 0.29) is 18.0 Å². The molecular weight excluding hydrogens is 368 g/mol. The van der Waals surface area contributed by atoms with E-state index in [4.69, 9.17) is 4.42 Å². The summed E-state index contributed by atoms with van der Waals surface area (Å²) in [5.74, 6) is -0.595. The number of amides is 1. The highest BCUT2D eigenvalue weighted by atomic mass is 16.4. The van der Waals surface area contributed by atoms with Crippen molar-refractivity contribution >= 4 is 11.9 Å². The molecule has 0 saturated heterocycles. The van der Waals surface area contributed by atoms with Crippen LogP contribution in [-0.2, 0) is 11.2 Å². The maximum absolute atomic E-state index is 13.0. The molecule has 6 nitrogen and oxygen atoms in total. The van der Waals surface area contributed by atoms with Gasteiger partial charge in [-0.3, -0.25) is 9.59 Å². The molecule has 3 rings (SSSR count). The van der Waals surface area contributed by atoms with Crippen LogP contribution in [0.15, 0.2) is 65.1 Å². The van der Waals surface area contributed by atoms with Crippen LogP contribution in [0.3, 0.4) is 0 Å². The van der Waals surface area contributed by atoms with Gasteiger partial charge in [0.25, 0.3) is 5.91 Å². The molecule has 150 valence electrons. The van der Waals surface area contributed by atoms with E-state index in [1.807, 2.05) is 74.5 Å². The van der Waals surface area contributed by atoms with Crippen LogP contribution in [0.4, 0.5) is 0 Å². The number of carboxylic acid groups (broad SMARTS) is 1. The van der Waals surface area contributed by atoms with Crippen molar-refractivity contribution < 1.29 is 19.1 Å². The van der Waals surface area contributed by atoms with E-state index < -0.39 is 17.9 Å². The SMILES string of the molecule is CC(C)c1oc(-c2ccccc2)nc1C(=O)NC(CC(=O)O)Cc1ccccc1. The number of carbonyl (C=O) groups excluding carboxylic acids is 1. The van der Waals surface area contributed by atoms with Gasteiger partial charge in [0.1, 0.15) is 5.76 Å². The molecule has 6 heteroatoms. The lowest BCUT2D eigenvalue weighted by atomic mass is 10.0. The summed E-state index contributed by atoms with van der Waals surface area (Å²) >= 11 is 0. The minimum atomic E-state index is -0.972. The second-order valence-electron chi connectivity index (χ2n) is 7.21. The summed E-state index contributed by atoms with van der Waals surface area (Å²) in [5, 5.41) is 12.1. The zero-order chi connectivity index (χ0) is 20.8. The highest BCUT2D eigenvalue weighted by Gasteiger charge is 2.25. The molecule has 0 aliphatic heterocycles. The number of rotatable bonds is 8. The first-order valence-corrected chi connectivity index (χ1v) is 9.56. The zero-order valence-electron chi connectivity index (χ0n) is 16.5. The molecule has 3 aromatic rings. The van der Waals surface area contributed by atoms with Crippen molar-refractivity contribution in [3.8, 4) is 11.5 Å². The van der Waals surface area contributed by atoms with E-state index in [2.05, 4.69) is 10.3 Å². The first-order chi connectivity index (χ1) is 13.9. The van der Waals surface area contributed by atoms with E-state index in [0.29, 0.717) is 18.1 Å². The van der Waals surface area contributed by atoms with Gasteiger partial charge >= 0.3 is 5.97 Å². The number of hydrogen-bond acceptors (Lipinski definition) is 4. The number of nitrogens with zero attached hydrogens (tertiary/aromatic N) is 1. The van der Waals surface area contributed by atoms with Gasteiger partial charge in [0.05, 0.1) is 6.42 Å². The molecule has 0 bridgehead atoms. The van der Waals surface area contributed by atoms with Gasteiger partial charge in [-0.05, 0) is 24.1 Å². The molecule has 0 aliphatic rings. The standard InChI is InChI=1S/C23H24N2O4/c1-15(2)21-20(25-23(29-21)17-11-7-4-8-12-17)22(28)24-18(14-19(26)27)13-16-9-5-3-6-10-16/h3-12,15,18H,13-14H2,1-2H3,(H,24,28)(H,26,27). The third-order valence-electron chi connectivity index (χ3n) is 4.49. The molecule has 2 aromatic carbocycles. The molecule has 1 heterocycles. The van der Waals surface area contributed by atoms with E-state index in [1.54, 1.807) is 0 Å². The van der Waals surface area contributed by atoms with E-state index in [0.717, 1.165) is 11.1 Å². The smallest absolute Gasteiger partial charge is 0.305 e. The number of carboxylic acids is 1. The van der Waals surface area contributed by atoms with Crippen LogP contribution in [0.2, 0.25) is 0 Å². The molecule has 0 aliphatic carbocycles. The fourth-order valence-corrected chi connectivity index (χ4v) is 3.13. The number of hydrogen-bond donors (Lipinski definition) is 2. The Kier molecular flexibility index (Phi) is 6.44. The molecule has 1 atom stereocenters. The van der Waals surface area contributed by atoms with Crippen molar-refractivity contribution in [3.05, 3.63) is 77.7 Å². The van der Waals surface area contributed by atoms with E-state index in [9.17, 15) is 14.7 Å². The van der Waals surface area contributed by atoms with Crippen LogP contribution in [0, 0.1) is 0 Å². The summed E-state index contributed by atoms with van der Waals surface area (Å²) in [6, 6.07) is 18.3. The Morgan fingerprint density at radius 2 is 1.66 bits per heavy atom. The van der Waals surface area contributed by atoms with Crippen molar-refractivity contribution in [2.24, 2.45) is 0 Å². The Bertz CT molecular complexity index is 965. The first kappa shape index (κ1) is 20.3.